The number of pyridine rings is 1. The summed E-state index contributed by atoms with van der Waals surface area (Å²) in [4.78, 5) is 22.6. The molecule has 3 rings (SSSR count). The molecule has 1 amide bonds. The van der Waals surface area contributed by atoms with Crippen LogP contribution in [-0.2, 0) is 4.79 Å². The summed E-state index contributed by atoms with van der Waals surface area (Å²) in [6.45, 7) is 1.69. The van der Waals surface area contributed by atoms with E-state index in [-0.39, 0.29) is 41.3 Å². The first-order valence-corrected chi connectivity index (χ1v) is 8.33. The topological polar surface area (TPSA) is 54.8 Å². The molecule has 3 atom stereocenters. The minimum atomic E-state index is -0.614. The van der Waals surface area contributed by atoms with Crippen LogP contribution < -0.4 is 4.74 Å². The molecule has 0 aromatic carbocycles. The van der Waals surface area contributed by atoms with E-state index < -0.39 is 6.67 Å². The fraction of sp³-hybridized carbons (Fsp3) is 0.438. The number of hydrogen-bond acceptors (Lipinski definition) is 4. The van der Waals surface area contributed by atoms with E-state index in [1.807, 2.05) is 6.92 Å². The number of alkyl halides is 1. The van der Waals surface area contributed by atoms with Crippen molar-refractivity contribution in [2.24, 2.45) is 16.8 Å². The number of nitrogens with zero attached hydrogens (tertiary/aromatic N) is 3. The van der Waals surface area contributed by atoms with Gasteiger partial charge in [-0.15, -0.1) is 0 Å². The van der Waals surface area contributed by atoms with Crippen molar-refractivity contribution >= 4 is 34.3 Å². The summed E-state index contributed by atoms with van der Waals surface area (Å²) in [5.41, 5.74) is 0.775. The highest BCUT2D eigenvalue weighted by atomic mass is 35.5. The zero-order chi connectivity index (χ0) is 17.3. The molecule has 0 radical (unpaired) electrons. The predicted molar refractivity (Wildman–Crippen MR) is 90.3 cm³/mol. The molecule has 0 saturated carbocycles. The molecule has 0 bridgehead atoms. The van der Waals surface area contributed by atoms with Crippen LogP contribution in [0, 0.1) is 11.8 Å². The lowest BCUT2D eigenvalue weighted by atomic mass is 9.95. The van der Waals surface area contributed by atoms with E-state index in [9.17, 15) is 9.18 Å². The van der Waals surface area contributed by atoms with Gasteiger partial charge in [0.1, 0.15) is 23.5 Å². The normalized spacial score (nSPS) is 23.9. The van der Waals surface area contributed by atoms with Crippen LogP contribution in [0.5, 0.6) is 5.88 Å². The first-order chi connectivity index (χ1) is 11.5. The highest BCUT2D eigenvalue weighted by Gasteiger charge is 2.44. The quantitative estimate of drug-likeness (QED) is 0.796. The molecule has 8 heteroatoms. The first-order valence-electron chi connectivity index (χ1n) is 7.57. The standard InChI is InChI=1S/C16H16Cl2FN3O2/c1-9(10-6-13(17)15(21-7-10)24-5-3-19)22-8-12-11(16(22)23)2-4-20-14(12)18/h2,4,6-7,9,11-12H,3,5,8H2,1H3. The Kier molecular flexibility index (Phi) is 5.06. The molecule has 0 N–H and O–H groups in total. The number of halogens is 3. The molecule has 0 aliphatic carbocycles. The van der Waals surface area contributed by atoms with Crippen LogP contribution in [0.15, 0.2) is 29.5 Å². The Morgan fingerprint density at radius 1 is 1.50 bits per heavy atom. The molecule has 1 fully saturated rings. The second-order valence-corrected chi connectivity index (χ2v) is 6.48. The van der Waals surface area contributed by atoms with E-state index in [1.54, 1.807) is 29.4 Å². The molecule has 2 aliphatic heterocycles. The van der Waals surface area contributed by atoms with Gasteiger partial charge in [-0.3, -0.25) is 4.79 Å². The molecule has 2 aliphatic rings. The molecular weight excluding hydrogens is 356 g/mol. The Bertz CT molecular complexity index is 711. The van der Waals surface area contributed by atoms with Gasteiger partial charge in [0.05, 0.1) is 12.0 Å². The molecule has 128 valence electrons. The second kappa shape index (κ2) is 7.07. The first kappa shape index (κ1) is 17.2. The molecule has 24 heavy (non-hydrogen) atoms. The van der Waals surface area contributed by atoms with Crippen LogP contribution in [0.4, 0.5) is 4.39 Å². The maximum Gasteiger partial charge on any atom is 0.232 e. The number of ether oxygens (including phenoxy) is 1. The van der Waals surface area contributed by atoms with Gasteiger partial charge in [0.2, 0.25) is 11.8 Å². The summed E-state index contributed by atoms with van der Waals surface area (Å²) in [6, 6.07) is 1.47. The van der Waals surface area contributed by atoms with Gasteiger partial charge in [0.25, 0.3) is 0 Å². The van der Waals surface area contributed by atoms with Gasteiger partial charge in [-0.25, -0.2) is 14.4 Å². The third kappa shape index (κ3) is 3.13. The van der Waals surface area contributed by atoms with Crippen molar-refractivity contribution < 1.29 is 13.9 Å². The Balaban J connectivity index is 1.78. The van der Waals surface area contributed by atoms with E-state index in [4.69, 9.17) is 27.9 Å². The van der Waals surface area contributed by atoms with E-state index in [1.165, 1.54) is 0 Å². The number of amides is 1. The van der Waals surface area contributed by atoms with Crippen molar-refractivity contribution in [1.29, 1.82) is 0 Å². The van der Waals surface area contributed by atoms with Crippen LogP contribution >= 0.6 is 23.2 Å². The minimum Gasteiger partial charge on any atom is -0.474 e. The maximum atomic E-state index is 12.6. The number of hydrogen-bond donors (Lipinski definition) is 0. The van der Waals surface area contributed by atoms with Gasteiger partial charge >= 0.3 is 0 Å². The van der Waals surface area contributed by atoms with E-state index in [0.717, 1.165) is 5.56 Å². The molecule has 3 unspecified atom stereocenters. The van der Waals surface area contributed by atoms with Crippen molar-refractivity contribution in [3.05, 3.63) is 35.1 Å². The number of aromatic nitrogens is 1. The SMILES string of the molecule is CC(c1cnc(OCCF)c(Cl)c1)N1CC2C(Cl)=NC=CC2C1=O. The Labute approximate surface area is 149 Å². The summed E-state index contributed by atoms with van der Waals surface area (Å²) in [7, 11) is 0. The lowest BCUT2D eigenvalue weighted by Crippen LogP contribution is -2.30. The summed E-state index contributed by atoms with van der Waals surface area (Å²) in [6.07, 6.45) is 4.95. The van der Waals surface area contributed by atoms with Crippen LogP contribution in [0.25, 0.3) is 0 Å². The number of carbonyl (C=O) groups excluding carboxylic acids is 1. The molecule has 0 spiro atoms. The average Bonchev–Trinajstić information content (AvgIpc) is 2.91. The van der Waals surface area contributed by atoms with E-state index in [2.05, 4.69) is 9.98 Å². The number of fused-ring (bicyclic) bond motifs is 1. The zero-order valence-electron chi connectivity index (χ0n) is 13.0. The number of carbonyl (C=O) groups is 1. The summed E-state index contributed by atoms with van der Waals surface area (Å²) in [5, 5.41) is 0.744. The van der Waals surface area contributed by atoms with Crippen molar-refractivity contribution in [1.82, 2.24) is 9.88 Å². The molecule has 1 aromatic rings. The fourth-order valence-electron chi connectivity index (χ4n) is 2.96. The molecule has 3 heterocycles. The third-order valence-electron chi connectivity index (χ3n) is 4.29. The van der Waals surface area contributed by atoms with E-state index >= 15 is 0 Å². The van der Waals surface area contributed by atoms with Crippen molar-refractivity contribution in [3.8, 4) is 5.88 Å². The van der Waals surface area contributed by atoms with Crippen molar-refractivity contribution in [2.45, 2.75) is 13.0 Å². The second-order valence-electron chi connectivity index (χ2n) is 5.69. The van der Waals surface area contributed by atoms with Gasteiger partial charge < -0.3 is 9.64 Å². The van der Waals surface area contributed by atoms with E-state index in [0.29, 0.717) is 11.7 Å². The average molecular weight is 372 g/mol. The van der Waals surface area contributed by atoms with Crippen molar-refractivity contribution in [3.63, 3.8) is 0 Å². The van der Waals surface area contributed by atoms with Crippen LogP contribution in [0.2, 0.25) is 5.02 Å². The van der Waals surface area contributed by atoms with Crippen molar-refractivity contribution in [2.75, 3.05) is 19.8 Å². The lowest BCUT2D eigenvalue weighted by molar-refractivity contribution is -0.131. The smallest absolute Gasteiger partial charge is 0.232 e. The maximum absolute atomic E-state index is 12.6. The summed E-state index contributed by atoms with van der Waals surface area (Å²) < 4.78 is 17.3. The van der Waals surface area contributed by atoms with Crippen LogP contribution in [0.3, 0.4) is 0 Å². The molecular formula is C16H16Cl2FN3O2. The summed E-state index contributed by atoms with van der Waals surface area (Å²) >= 11 is 12.3. The molecule has 1 aromatic heterocycles. The van der Waals surface area contributed by atoms with Gasteiger partial charge in [0, 0.05) is 24.9 Å². The van der Waals surface area contributed by atoms with Crippen LogP contribution in [-0.4, -0.2) is 40.8 Å². The van der Waals surface area contributed by atoms with Gasteiger partial charge in [0.15, 0.2) is 0 Å². The molecule has 5 nitrogen and oxygen atoms in total. The number of likely N-dealkylation sites (tertiary alicyclic amines) is 1. The Morgan fingerprint density at radius 2 is 2.29 bits per heavy atom. The largest absolute Gasteiger partial charge is 0.474 e. The summed E-state index contributed by atoms with van der Waals surface area (Å²) in [5.74, 6) is -0.189. The third-order valence-corrected chi connectivity index (χ3v) is 4.94. The fourth-order valence-corrected chi connectivity index (χ4v) is 3.45. The predicted octanol–water partition coefficient (Wildman–Crippen LogP) is 3.38. The highest BCUT2D eigenvalue weighted by Crippen LogP contribution is 2.37. The number of aliphatic imine (C=N–C) groups is 1. The van der Waals surface area contributed by atoms with Gasteiger partial charge in [-0.05, 0) is 18.6 Å². The zero-order valence-corrected chi connectivity index (χ0v) is 14.5. The van der Waals surface area contributed by atoms with Gasteiger partial charge in [-0.1, -0.05) is 29.3 Å². The molecule has 1 saturated heterocycles. The minimum absolute atomic E-state index is 0.00526. The van der Waals surface area contributed by atoms with Gasteiger partial charge in [-0.2, -0.15) is 0 Å². The highest BCUT2D eigenvalue weighted by molar-refractivity contribution is 6.66. The Morgan fingerprint density at radius 3 is 2.96 bits per heavy atom. The Hall–Kier alpha value is -1.66. The number of rotatable bonds is 5. The lowest BCUT2D eigenvalue weighted by Gasteiger charge is -2.25. The monoisotopic (exact) mass is 371 g/mol. The van der Waals surface area contributed by atoms with Crippen LogP contribution in [0.1, 0.15) is 18.5 Å².